The number of hydrogen-bond acceptors (Lipinski definition) is 2. The maximum absolute atomic E-state index is 4.18. The van der Waals surface area contributed by atoms with E-state index in [1.165, 1.54) is 0 Å². The van der Waals surface area contributed by atoms with E-state index in [0.29, 0.717) is 5.92 Å². The molecule has 0 aliphatic heterocycles. The van der Waals surface area contributed by atoms with Crippen LogP contribution in [-0.4, -0.2) is 20.2 Å². The zero-order chi connectivity index (χ0) is 7.56. The third-order valence-corrected chi connectivity index (χ3v) is 1.47. The number of aromatic nitrogens is 2. The Morgan fingerprint density at radius 1 is 1.50 bits per heavy atom. The zero-order valence-electron chi connectivity index (χ0n) is 6.13. The van der Waals surface area contributed by atoms with Crippen LogP contribution < -0.4 is 5.32 Å². The Kier molecular flexibility index (Phi) is 2.16. The van der Waals surface area contributed by atoms with Crippen LogP contribution in [0.2, 0.25) is 0 Å². The van der Waals surface area contributed by atoms with Crippen molar-refractivity contribution in [3.05, 3.63) is 18.1 Å². The molecule has 2 nitrogen and oxygen atoms in total. The quantitative estimate of drug-likeness (QED) is 0.540. The first-order valence-electron chi connectivity index (χ1n) is 3.24. The first kappa shape index (κ1) is 7.40. The van der Waals surface area contributed by atoms with E-state index in [9.17, 15) is 0 Å². The summed E-state index contributed by atoms with van der Waals surface area (Å²) in [5.74, 6) is 1.28. The molecule has 0 aliphatic rings. The predicted octanol–water partition coefficient (Wildman–Crippen LogP) is 0.394. The molecule has 3 heteroatoms. The van der Waals surface area contributed by atoms with Gasteiger partial charge in [0.05, 0.1) is 10.2 Å². The third kappa shape index (κ3) is 1.64. The number of rotatable bonds is 1. The largest absolute Gasteiger partial charge is 0.243 e. The van der Waals surface area contributed by atoms with Crippen molar-refractivity contribution in [2.24, 2.45) is 0 Å². The molecule has 0 saturated carbocycles. The molecule has 0 amide bonds. The minimum absolute atomic E-state index is 0.399. The topological polar surface area (TPSA) is 25.8 Å². The van der Waals surface area contributed by atoms with Gasteiger partial charge in [0.15, 0.2) is 0 Å². The van der Waals surface area contributed by atoms with Gasteiger partial charge in [-0.1, -0.05) is 13.8 Å². The van der Waals surface area contributed by atoms with E-state index in [1.807, 2.05) is 6.07 Å². The highest BCUT2D eigenvalue weighted by molar-refractivity contribution is 6.30. The molecular weight excluding hydrogens is 140 g/mol. The smallest absolute Gasteiger partial charge is 0.130 e. The van der Waals surface area contributed by atoms with Gasteiger partial charge in [0.25, 0.3) is 0 Å². The summed E-state index contributed by atoms with van der Waals surface area (Å²) >= 11 is 0. The number of hydrogen-bond donors (Lipinski definition) is 0. The molecule has 51 valence electrons. The Morgan fingerprint density at radius 3 is 2.60 bits per heavy atom. The van der Waals surface area contributed by atoms with E-state index in [0.717, 1.165) is 11.1 Å². The SMILES string of the molecule is CC(C)c1nccc([Si])n1. The Labute approximate surface area is 64.1 Å². The van der Waals surface area contributed by atoms with Gasteiger partial charge in [0.1, 0.15) is 5.82 Å². The second kappa shape index (κ2) is 2.92. The van der Waals surface area contributed by atoms with Gasteiger partial charge < -0.3 is 0 Å². The minimum Gasteiger partial charge on any atom is -0.243 e. The summed E-state index contributed by atoms with van der Waals surface area (Å²) in [4.78, 5) is 8.27. The van der Waals surface area contributed by atoms with Gasteiger partial charge in [-0.2, -0.15) is 0 Å². The van der Waals surface area contributed by atoms with E-state index in [-0.39, 0.29) is 0 Å². The van der Waals surface area contributed by atoms with Crippen LogP contribution in [0.25, 0.3) is 0 Å². The third-order valence-electron chi connectivity index (χ3n) is 1.19. The van der Waals surface area contributed by atoms with Gasteiger partial charge in [-0.05, 0) is 6.07 Å². The van der Waals surface area contributed by atoms with Gasteiger partial charge in [0.2, 0.25) is 0 Å². The molecule has 0 atom stereocenters. The average Bonchev–Trinajstić information content (AvgIpc) is 1.88. The molecule has 0 bridgehead atoms. The van der Waals surface area contributed by atoms with Crippen molar-refractivity contribution < 1.29 is 0 Å². The molecule has 0 unspecified atom stereocenters. The monoisotopic (exact) mass is 149 g/mol. The van der Waals surface area contributed by atoms with Crippen LogP contribution in [0.15, 0.2) is 12.3 Å². The summed E-state index contributed by atoms with van der Waals surface area (Å²) in [6.07, 6.45) is 1.75. The van der Waals surface area contributed by atoms with E-state index >= 15 is 0 Å². The molecule has 1 rings (SSSR count). The van der Waals surface area contributed by atoms with Crippen LogP contribution in [0.4, 0.5) is 0 Å². The molecule has 1 aromatic rings. The van der Waals surface area contributed by atoms with Crippen LogP contribution in [0.1, 0.15) is 25.6 Å². The van der Waals surface area contributed by atoms with Gasteiger partial charge in [-0.25, -0.2) is 9.97 Å². The highest BCUT2D eigenvalue weighted by atomic mass is 28.1. The van der Waals surface area contributed by atoms with Gasteiger partial charge in [-0.3, -0.25) is 0 Å². The fourth-order valence-electron chi connectivity index (χ4n) is 0.652. The molecule has 1 aromatic heterocycles. The lowest BCUT2D eigenvalue weighted by atomic mass is 10.2. The number of nitrogens with zero attached hydrogens (tertiary/aromatic N) is 2. The van der Waals surface area contributed by atoms with E-state index in [4.69, 9.17) is 0 Å². The van der Waals surface area contributed by atoms with Gasteiger partial charge in [-0.15, -0.1) is 0 Å². The summed E-state index contributed by atoms with van der Waals surface area (Å²) in [6.45, 7) is 4.14. The molecular formula is C7H9N2Si. The molecule has 0 saturated heterocycles. The van der Waals surface area contributed by atoms with Crippen LogP contribution >= 0.6 is 0 Å². The summed E-state index contributed by atoms with van der Waals surface area (Å²) < 4.78 is 0. The fourth-order valence-corrected chi connectivity index (χ4v) is 0.841. The lowest BCUT2D eigenvalue weighted by Crippen LogP contribution is -2.12. The first-order valence-corrected chi connectivity index (χ1v) is 3.74. The first-order chi connectivity index (χ1) is 4.70. The maximum atomic E-state index is 4.18. The lowest BCUT2D eigenvalue weighted by Gasteiger charge is -2.01. The maximum Gasteiger partial charge on any atom is 0.130 e. The Morgan fingerprint density at radius 2 is 2.20 bits per heavy atom. The van der Waals surface area contributed by atoms with Crippen molar-refractivity contribution in [1.29, 1.82) is 0 Å². The molecule has 0 aromatic carbocycles. The van der Waals surface area contributed by atoms with Gasteiger partial charge >= 0.3 is 0 Å². The predicted molar refractivity (Wildman–Crippen MR) is 41.5 cm³/mol. The Bertz CT molecular complexity index is 223. The fraction of sp³-hybridized carbons (Fsp3) is 0.429. The van der Waals surface area contributed by atoms with Crippen LogP contribution in [0, 0.1) is 0 Å². The summed E-state index contributed by atoms with van der Waals surface area (Å²) in [5, 5.41) is 0.846. The van der Waals surface area contributed by atoms with Crippen LogP contribution in [0.3, 0.4) is 0 Å². The molecule has 0 N–H and O–H groups in total. The van der Waals surface area contributed by atoms with E-state index < -0.39 is 0 Å². The highest BCUT2D eigenvalue weighted by Gasteiger charge is 1.99. The van der Waals surface area contributed by atoms with E-state index in [1.54, 1.807) is 6.20 Å². The van der Waals surface area contributed by atoms with Crippen molar-refractivity contribution in [2.45, 2.75) is 19.8 Å². The normalized spacial score (nSPS) is 10.4. The van der Waals surface area contributed by atoms with E-state index in [2.05, 4.69) is 34.1 Å². The van der Waals surface area contributed by atoms with Crippen molar-refractivity contribution in [2.75, 3.05) is 0 Å². The Hall–Kier alpha value is -0.703. The minimum atomic E-state index is 0.399. The second-order valence-electron chi connectivity index (χ2n) is 2.45. The van der Waals surface area contributed by atoms with Crippen LogP contribution in [0.5, 0.6) is 0 Å². The molecule has 0 spiro atoms. The van der Waals surface area contributed by atoms with Crippen molar-refractivity contribution in [3.63, 3.8) is 0 Å². The summed E-state index contributed by atoms with van der Waals surface area (Å²) in [5.41, 5.74) is 0. The highest BCUT2D eigenvalue weighted by Crippen LogP contribution is 2.04. The van der Waals surface area contributed by atoms with Crippen LogP contribution in [-0.2, 0) is 0 Å². The molecule has 3 radical (unpaired) electrons. The Balaban J connectivity index is 2.96. The average molecular weight is 149 g/mol. The summed E-state index contributed by atoms with van der Waals surface area (Å²) in [7, 11) is 3.33. The summed E-state index contributed by atoms with van der Waals surface area (Å²) in [6, 6.07) is 1.82. The van der Waals surface area contributed by atoms with Gasteiger partial charge in [0, 0.05) is 17.4 Å². The standard InChI is InChI=1S/C7H9N2Si/c1-5(2)7-8-4-3-6(10)9-7/h3-5H,1-2H3. The molecule has 10 heavy (non-hydrogen) atoms. The zero-order valence-corrected chi connectivity index (χ0v) is 7.13. The molecule has 1 heterocycles. The van der Waals surface area contributed by atoms with Crippen molar-refractivity contribution >= 4 is 15.6 Å². The lowest BCUT2D eigenvalue weighted by molar-refractivity contribution is 0.779. The van der Waals surface area contributed by atoms with Crippen molar-refractivity contribution in [1.82, 2.24) is 9.97 Å². The molecule has 0 fully saturated rings. The second-order valence-corrected chi connectivity index (χ2v) is 2.97. The molecule has 0 aliphatic carbocycles. The van der Waals surface area contributed by atoms with Crippen molar-refractivity contribution in [3.8, 4) is 0 Å².